The SMILES string of the molecule is CC1=CC(=C(N=NC2=CCCC(Cl)=C2)c2ccco2)C=C(C)C1=O. The van der Waals surface area contributed by atoms with Crippen LogP contribution in [-0.2, 0) is 4.79 Å². The maximum Gasteiger partial charge on any atom is 0.184 e. The van der Waals surface area contributed by atoms with Crippen molar-refractivity contribution >= 4 is 23.1 Å². The van der Waals surface area contributed by atoms with Gasteiger partial charge in [0.05, 0.1) is 12.0 Å². The Labute approximate surface area is 145 Å². The van der Waals surface area contributed by atoms with Gasteiger partial charge in [-0.2, -0.15) is 5.11 Å². The summed E-state index contributed by atoms with van der Waals surface area (Å²) in [5, 5.41) is 9.45. The molecule has 0 amide bonds. The number of hydrogen-bond acceptors (Lipinski definition) is 4. The van der Waals surface area contributed by atoms with Crippen LogP contribution in [0.4, 0.5) is 0 Å². The van der Waals surface area contributed by atoms with Crippen LogP contribution in [0, 0.1) is 0 Å². The number of furan rings is 1. The van der Waals surface area contributed by atoms with Crippen molar-refractivity contribution in [1.82, 2.24) is 0 Å². The van der Waals surface area contributed by atoms with E-state index in [0.717, 1.165) is 29.1 Å². The molecule has 3 rings (SSSR count). The topological polar surface area (TPSA) is 54.9 Å². The summed E-state index contributed by atoms with van der Waals surface area (Å²) in [5.74, 6) is 0.641. The van der Waals surface area contributed by atoms with Crippen molar-refractivity contribution in [1.29, 1.82) is 0 Å². The Morgan fingerprint density at radius 2 is 1.96 bits per heavy atom. The molecule has 24 heavy (non-hydrogen) atoms. The number of allylic oxidation sites excluding steroid dienone is 8. The highest BCUT2D eigenvalue weighted by molar-refractivity contribution is 6.29. The first kappa shape index (κ1) is 16.4. The van der Waals surface area contributed by atoms with Crippen molar-refractivity contribution in [3.05, 3.63) is 75.9 Å². The molecule has 2 aliphatic rings. The summed E-state index contributed by atoms with van der Waals surface area (Å²) in [4.78, 5) is 12.0. The summed E-state index contributed by atoms with van der Waals surface area (Å²) in [7, 11) is 0. The normalized spacial score (nSPS) is 18.3. The van der Waals surface area contributed by atoms with Gasteiger partial charge in [0.25, 0.3) is 0 Å². The number of rotatable bonds is 3. The molecule has 122 valence electrons. The number of carbonyl (C=O) groups is 1. The van der Waals surface area contributed by atoms with Gasteiger partial charge in [-0.15, -0.1) is 5.11 Å². The molecule has 1 aromatic rings. The fourth-order valence-corrected chi connectivity index (χ4v) is 2.80. The second-order valence-electron chi connectivity index (χ2n) is 5.72. The predicted octanol–water partition coefficient (Wildman–Crippen LogP) is 5.72. The van der Waals surface area contributed by atoms with E-state index >= 15 is 0 Å². The van der Waals surface area contributed by atoms with Crippen LogP contribution >= 0.6 is 11.6 Å². The molecule has 0 atom stereocenters. The summed E-state index contributed by atoms with van der Waals surface area (Å²) in [6, 6.07) is 3.62. The lowest BCUT2D eigenvalue weighted by atomic mass is 9.94. The van der Waals surface area contributed by atoms with Crippen LogP contribution in [0.25, 0.3) is 5.70 Å². The zero-order valence-corrected chi connectivity index (χ0v) is 14.3. The van der Waals surface area contributed by atoms with Crippen molar-refractivity contribution < 1.29 is 9.21 Å². The highest BCUT2D eigenvalue weighted by Gasteiger charge is 2.18. The van der Waals surface area contributed by atoms with Gasteiger partial charge in [0.15, 0.2) is 11.5 Å². The van der Waals surface area contributed by atoms with E-state index in [9.17, 15) is 4.79 Å². The van der Waals surface area contributed by atoms with Gasteiger partial charge in [-0.1, -0.05) is 17.7 Å². The first-order chi connectivity index (χ1) is 11.5. The van der Waals surface area contributed by atoms with E-state index in [1.54, 1.807) is 26.2 Å². The van der Waals surface area contributed by atoms with Gasteiger partial charge in [0.1, 0.15) is 5.70 Å². The highest BCUT2D eigenvalue weighted by atomic mass is 35.5. The first-order valence-corrected chi connectivity index (χ1v) is 8.10. The minimum atomic E-state index is 0.0409. The minimum Gasteiger partial charge on any atom is -0.463 e. The number of nitrogens with zero attached hydrogens (tertiary/aromatic N) is 2. The van der Waals surface area contributed by atoms with E-state index in [1.165, 1.54) is 0 Å². The van der Waals surface area contributed by atoms with E-state index in [2.05, 4.69) is 10.2 Å². The Morgan fingerprint density at radius 1 is 1.21 bits per heavy atom. The van der Waals surface area contributed by atoms with Crippen molar-refractivity contribution in [3.63, 3.8) is 0 Å². The molecule has 0 saturated heterocycles. The molecule has 0 saturated carbocycles. The lowest BCUT2D eigenvalue weighted by Crippen LogP contribution is -2.06. The lowest BCUT2D eigenvalue weighted by Gasteiger charge is -2.11. The third-order valence-electron chi connectivity index (χ3n) is 3.79. The quantitative estimate of drug-likeness (QED) is 0.661. The number of hydrogen-bond donors (Lipinski definition) is 0. The standard InChI is InChI=1S/C19H17ClN2O2/c1-12-9-14(10-13(2)19(12)23)18(17-7-4-8-24-17)22-21-16-6-3-5-15(20)11-16/h4,6-11H,3,5H2,1-2H3. The van der Waals surface area contributed by atoms with Gasteiger partial charge in [0.2, 0.25) is 0 Å². The number of carbonyl (C=O) groups excluding carboxylic acids is 1. The van der Waals surface area contributed by atoms with Gasteiger partial charge < -0.3 is 4.42 Å². The van der Waals surface area contributed by atoms with Gasteiger partial charge in [-0.25, -0.2) is 0 Å². The van der Waals surface area contributed by atoms with Crippen LogP contribution in [0.2, 0.25) is 0 Å². The van der Waals surface area contributed by atoms with Crippen LogP contribution in [0.5, 0.6) is 0 Å². The summed E-state index contributed by atoms with van der Waals surface area (Å²) in [5.41, 5.74) is 3.45. The molecule has 0 spiro atoms. The molecule has 1 heterocycles. The van der Waals surface area contributed by atoms with Crippen LogP contribution in [0.3, 0.4) is 0 Å². The van der Waals surface area contributed by atoms with Crippen LogP contribution in [0.15, 0.2) is 84.8 Å². The van der Waals surface area contributed by atoms with E-state index in [-0.39, 0.29) is 5.78 Å². The maximum absolute atomic E-state index is 12.0. The highest BCUT2D eigenvalue weighted by Crippen LogP contribution is 2.29. The molecular formula is C19H17ClN2O2. The summed E-state index contributed by atoms with van der Waals surface area (Å²) < 4.78 is 5.49. The summed E-state index contributed by atoms with van der Waals surface area (Å²) in [6.45, 7) is 3.59. The summed E-state index contributed by atoms with van der Waals surface area (Å²) in [6.07, 6.45) is 10.7. The van der Waals surface area contributed by atoms with Crippen molar-refractivity contribution in [3.8, 4) is 0 Å². The smallest absolute Gasteiger partial charge is 0.184 e. The van der Waals surface area contributed by atoms with E-state index in [1.807, 2.05) is 30.4 Å². The molecule has 0 bridgehead atoms. The van der Waals surface area contributed by atoms with Crippen molar-refractivity contribution in [2.24, 2.45) is 10.2 Å². The second kappa shape index (κ2) is 6.97. The Hall–Kier alpha value is -2.46. The number of azo groups is 1. The molecule has 1 aromatic heterocycles. The molecule has 0 radical (unpaired) electrons. The number of halogens is 1. The molecule has 0 unspecified atom stereocenters. The lowest BCUT2D eigenvalue weighted by molar-refractivity contribution is -0.112. The zero-order valence-electron chi connectivity index (χ0n) is 13.5. The van der Waals surface area contributed by atoms with Gasteiger partial charge >= 0.3 is 0 Å². The molecule has 0 aliphatic heterocycles. The fraction of sp³-hybridized carbons (Fsp3) is 0.211. The monoisotopic (exact) mass is 340 g/mol. The Kier molecular flexibility index (Phi) is 4.76. The third-order valence-corrected chi connectivity index (χ3v) is 4.09. The molecule has 0 aromatic carbocycles. The van der Waals surface area contributed by atoms with E-state index in [0.29, 0.717) is 22.6 Å². The molecule has 4 nitrogen and oxygen atoms in total. The molecule has 5 heteroatoms. The molecule has 0 N–H and O–H groups in total. The third kappa shape index (κ3) is 3.54. The average molecular weight is 341 g/mol. The van der Waals surface area contributed by atoms with Crippen LogP contribution in [-0.4, -0.2) is 5.78 Å². The van der Waals surface area contributed by atoms with Crippen molar-refractivity contribution in [2.75, 3.05) is 0 Å². The molecular weight excluding hydrogens is 324 g/mol. The number of ketones is 1. The predicted molar refractivity (Wildman–Crippen MR) is 94.3 cm³/mol. The zero-order chi connectivity index (χ0) is 17.1. The largest absolute Gasteiger partial charge is 0.463 e. The second-order valence-corrected chi connectivity index (χ2v) is 6.21. The van der Waals surface area contributed by atoms with E-state index in [4.69, 9.17) is 16.0 Å². The average Bonchev–Trinajstić information content (AvgIpc) is 3.07. The molecule has 0 fully saturated rings. The maximum atomic E-state index is 12.0. The van der Waals surface area contributed by atoms with Crippen LogP contribution < -0.4 is 0 Å². The number of Topliss-reactive ketones (excluding diaryl/α,β-unsaturated/α-hetero) is 1. The van der Waals surface area contributed by atoms with Gasteiger partial charge in [0, 0.05) is 10.6 Å². The van der Waals surface area contributed by atoms with E-state index < -0.39 is 0 Å². The summed E-state index contributed by atoms with van der Waals surface area (Å²) >= 11 is 6.06. The Bertz CT molecular complexity index is 826. The van der Waals surface area contributed by atoms with Crippen LogP contribution in [0.1, 0.15) is 32.4 Å². The Morgan fingerprint density at radius 3 is 2.58 bits per heavy atom. The van der Waals surface area contributed by atoms with Gasteiger partial charge in [-0.3, -0.25) is 4.79 Å². The van der Waals surface area contributed by atoms with Crippen molar-refractivity contribution in [2.45, 2.75) is 26.7 Å². The molecule has 2 aliphatic carbocycles. The first-order valence-electron chi connectivity index (χ1n) is 7.72. The minimum absolute atomic E-state index is 0.0409. The fourth-order valence-electron chi connectivity index (χ4n) is 2.58. The Balaban J connectivity index is 2.05. The van der Waals surface area contributed by atoms with Gasteiger partial charge in [-0.05, 0) is 68.2 Å².